The van der Waals surface area contributed by atoms with Crippen LogP contribution in [-0.4, -0.2) is 83.7 Å². The fourth-order valence-electron chi connectivity index (χ4n) is 3.14. The Balaban J connectivity index is 1.59. The van der Waals surface area contributed by atoms with Crippen LogP contribution in [0.4, 0.5) is 0 Å². The number of carbonyl (C=O) groups is 2. The normalized spacial score (nSPS) is 25.4. The molecule has 2 saturated heterocycles. The minimum absolute atomic E-state index is 0.0115. The molecule has 2 aliphatic heterocycles. The van der Waals surface area contributed by atoms with E-state index in [1.807, 2.05) is 0 Å². The first-order valence-electron chi connectivity index (χ1n) is 8.52. The number of amides is 2. The Morgan fingerprint density at radius 1 is 1.36 bits per heavy atom. The molecule has 0 aromatic carbocycles. The van der Waals surface area contributed by atoms with E-state index >= 15 is 0 Å². The zero-order chi connectivity index (χ0) is 17.7. The van der Waals surface area contributed by atoms with Crippen LogP contribution in [0, 0.1) is 5.92 Å². The molecular formula is C16H24N4O5. The molecule has 25 heavy (non-hydrogen) atoms. The van der Waals surface area contributed by atoms with Crippen LogP contribution in [0.2, 0.25) is 0 Å². The second kappa shape index (κ2) is 7.94. The van der Waals surface area contributed by atoms with Crippen LogP contribution in [0.25, 0.3) is 0 Å². The topological polar surface area (TPSA) is 117 Å². The maximum absolute atomic E-state index is 12.7. The van der Waals surface area contributed by atoms with Crippen molar-refractivity contribution in [2.75, 3.05) is 46.1 Å². The number of aromatic nitrogens is 2. The van der Waals surface area contributed by atoms with Crippen LogP contribution in [0.15, 0.2) is 12.3 Å². The molecule has 0 bridgehead atoms. The summed E-state index contributed by atoms with van der Waals surface area (Å²) in [5.41, 5.74) is -1.01. The van der Waals surface area contributed by atoms with Crippen molar-refractivity contribution in [1.82, 2.24) is 20.4 Å². The van der Waals surface area contributed by atoms with Crippen molar-refractivity contribution < 1.29 is 24.2 Å². The molecule has 1 aromatic rings. The van der Waals surface area contributed by atoms with Crippen molar-refractivity contribution in [2.24, 2.45) is 5.92 Å². The first-order valence-corrected chi connectivity index (χ1v) is 8.52. The fraction of sp³-hybridized carbons (Fsp3) is 0.688. The van der Waals surface area contributed by atoms with Gasteiger partial charge in [0.05, 0.1) is 26.3 Å². The number of nitrogens with zero attached hydrogens (tertiary/aromatic N) is 2. The molecular weight excluding hydrogens is 328 g/mol. The predicted octanol–water partition coefficient (Wildman–Crippen LogP) is -0.844. The van der Waals surface area contributed by atoms with Crippen LogP contribution in [0.3, 0.4) is 0 Å². The Labute approximate surface area is 145 Å². The van der Waals surface area contributed by atoms with Crippen LogP contribution in [-0.2, 0) is 14.3 Å². The average Bonchev–Trinajstić information content (AvgIpc) is 3.10. The van der Waals surface area contributed by atoms with Gasteiger partial charge in [-0.3, -0.25) is 14.7 Å². The number of ether oxygens (including phenoxy) is 2. The van der Waals surface area contributed by atoms with E-state index in [2.05, 4.69) is 15.5 Å². The van der Waals surface area contributed by atoms with Crippen molar-refractivity contribution in [1.29, 1.82) is 0 Å². The zero-order valence-corrected chi connectivity index (χ0v) is 14.1. The molecule has 2 fully saturated rings. The molecule has 0 aliphatic carbocycles. The highest BCUT2D eigenvalue weighted by atomic mass is 16.5. The largest absolute Gasteiger partial charge is 0.384 e. The highest BCUT2D eigenvalue weighted by molar-refractivity contribution is 5.92. The van der Waals surface area contributed by atoms with Crippen LogP contribution < -0.4 is 5.32 Å². The number of hydrogen-bond donors (Lipinski definition) is 3. The lowest BCUT2D eigenvalue weighted by molar-refractivity contribution is -0.141. The standard InChI is InChI=1S/C16H24N4O5/c21-14(13-1-4-18-19-13)17-9-16(23)10-20(5-8-25-11-16)15(22)12-2-6-24-7-3-12/h1,4,12,23H,2-3,5-11H2,(H,17,21)(H,18,19)/t16-/m0/s1. The third-order valence-corrected chi connectivity index (χ3v) is 4.57. The summed E-state index contributed by atoms with van der Waals surface area (Å²) in [5, 5.41) is 19.8. The van der Waals surface area contributed by atoms with E-state index in [0.717, 1.165) is 0 Å². The molecule has 2 aliphatic rings. The number of hydrogen-bond acceptors (Lipinski definition) is 6. The quantitative estimate of drug-likeness (QED) is 0.650. The second-order valence-electron chi connectivity index (χ2n) is 6.58. The number of aromatic amines is 1. The first-order chi connectivity index (χ1) is 12.1. The third kappa shape index (κ3) is 4.56. The summed E-state index contributed by atoms with van der Waals surface area (Å²) < 4.78 is 10.8. The van der Waals surface area contributed by atoms with Crippen molar-refractivity contribution in [2.45, 2.75) is 18.4 Å². The second-order valence-corrected chi connectivity index (χ2v) is 6.58. The van der Waals surface area contributed by atoms with Gasteiger partial charge in [-0.05, 0) is 18.9 Å². The van der Waals surface area contributed by atoms with Gasteiger partial charge in [0.1, 0.15) is 11.3 Å². The minimum Gasteiger partial charge on any atom is -0.384 e. The monoisotopic (exact) mass is 352 g/mol. The molecule has 9 nitrogen and oxygen atoms in total. The molecule has 0 radical (unpaired) electrons. The van der Waals surface area contributed by atoms with E-state index < -0.39 is 5.60 Å². The fourth-order valence-corrected chi connectivity index (χ4v) is 3.14. The van der Waals surface area contributed by atoms with Gasteiger partial charge in [0, 0.05) is 31.9 Å². The molecule has 9 heteroatoms. The number of H-pyrrole nitrogens is 1. The number of rotatable bonds is 4. The van der Waals surface area contributed by atoms with Gasteiger partial charge in [-0.25, -0.2) is 0 Å². The van der Waals surface area contributed by atoms with Gasteiger partial charge >= 0.3 is 0 Å². The van der Waals surface area contributed by atoms with Gasteiger partial charge < -0.3 is 24.8 Å². The lowest BCUT2D eigenvalue weighted by Crippen LogP contribution is -2.54. The van der Waals surface area contributed by atoms with E-state index in [1.54, 1.807) is 11.0 Å². The first kappa shape index (κ1) is 17.8. The minimum atomic E-state index is -1.33. The zero-order valence-electron chi connectivity index (χ0n) is 14.1. The molecule has 2 amide bonds. The van der Waals surface area contributed by atoms with Crippen molar-refractivity contribution in [3.8, 4) is 0 Å². The SMILES string of the molecule is O=C(NC[C@@]1(O)COCCN(C(=O)C2CCOCC2)C1)c1ccn[nH]1. The molecule has 3 N–H and O–H groups in total. The van der Waals surface area contributed by atoms with E-state index in [9.17, 15) is 14.7 Å². The van der Waals surface area contributed by atoms with E-state index in [1.165, 1.54) is 6.20 Å². The lowest BCUT2D eigenvalue weighted by atomic mass is 9.97. The van der Waals surface area contributed by atoms with E-state index in [4.69, 9.17) is 9.47 Å². The summed E-state index contributed by atoms with van der Waals surface area (Å²) >= 11 is 0. The Morgan fingerprint density at radius 3 is 2.88 bits per heavy atom. The number of nitrogens with one attached hydrogen (secondary N) is 2. The Hall–Kier alpha value is -1.97. The smallest absolute Gasteiger partial charge is 0.269 e. The third-order valence-electron chi connectivity index (χ3n) is 4.57. The molecule has 1 atom stereocenters. The van der Waals surface area contributed by atoms with Crippen molar-refractivity contribution in [3.63, 3.8) is 0 Å². The highest BCUT2D eigenvalue weighted by Crippen LogP contribution is 2.20. The van der Waals surface area contributed by atoms with Gasteiger partial charge in [0.2, 0.25) is 5.91 Å². The predicted molar refractivity (Wildman–Crippen MR) is 86.8 cm³/mol. The van der Waals surface area contributed by atoms with Crippen molar-refractivity contribution in [3.05, 3.63) is 18.0 Å². The highest BCUT2D eigenvalue weighted by Gasteiger charge is 2.37. The Kier molecular flexibility index (Phi) is 5.67. The number of aliphatic hydroxyl groups is 1. The van der Waals surface area contributed by atoms with Gasteiger partial charge in [-0.15, -0.1) is 0 Å². The summed E-state index contributed by atoms with van der Waals surface area (Å²) in [7, 11) is 0. The van der Waals surface area contributed by atoms with Gasteiger partial charge in [-0.1, -0.05) is 0 Å². The molecule has 3 rings (SSSR count). The molecule has 1 aromatic heterocycles. The Bertz CT molecular complexity index is 587. The number of β-amino-alcohol motifs (C(OH)–C–C–N with tert-alkyl or cyclic N) is 1. The van der Waals surface area contributed by atoms with Gasteiger partial charge in [0.15, 0.2) is 0 Å². The van der Waals surface area contributed by atoms with Gasteiger partial charge in [-0.2, -0.15) is 5.10 Å². The van der Waals surface area contributed by atoms with E-state index in [-0.39, 0.29) is 37.4 Å². The maximum atomic E-state index is 12.7. The molecule has 0 saturated carbocycles. The molecule has 0 spiro atoms. The summed E-state index contributed by atoms with van der Waals surface area (Å²) in [6.45, 7) is 2.16. The number of carbonyl (C=O) groups excluding carboxylic acids is 2. The lowest BCUT2D eigenvalue weighted by Gasteiger charge is -2.33. The summed E-state index contributed by atoms with van der Waals surface area (Å²) in [6, 6.07) is 1.55. The summed E-state index contributed by atoms with van der Waals surface area (Å²) in [5.74, 6) is -0.416. The van der Waals surface area contributed by atoms with Crippen LogP contribution in [0.1, 0.15) is 23.3 Å². The van der Waals surface area contributed by atoms with Crippen molar-refractivity contribution >= 4 is 11.8 Å². The molecule has 138 valence electrons. The summed E-state index contributed by atoms with van der Waals surface area (Å²) in [6.07, 6.45) is 2.88. The van der Waals surface area contributed by atoms with Crippen LogP contribution >= 0.6 is 0 Å². The maximum Gasteiger partial charge on any atom is 0.269 e. The molecule has 3 heterocycles. The summed E-state index contributed by atoms with van der Waals surface area (Å²) in [4.78, 5) is 26.4. The van der Waals surface area contributed by atoms with Crippen LogP contribution in [0.5, 0.6) is 0 Å². The Morgan fingerprint density at radius 2 is 2.16 bits per heavy atom. The van der Waals surface area contributed by atoms with Gasteiger partial charge in [0.25, 0.3) is 5.91 Å². The molecule has 0 unspecified atom stereocenters. The van der Waals surface area contributed by atoms with E-state index in [0.29, 0.717) is 44.9 Å². The average molecular weight is 352 g/mol.